The van der Waals surface area contributed by atoms with Crippen molar-refractivity contribution in [2.75, 3.05) is 0 Å². The molecule has 2 heteroatoms. The molecule has 0 aliphatic rings. The van der Waals surface area contributed by atoms with E-state index in [9.17, 15) is 4.79 Å². The number of hydrogen-bond donors (Lipinski definition) is 0. The largest absolute Gasteiger partial charge is 1.00 e. The monoisotopic (exact) mass is 126 g/mol. The van der Waals surface area contributed by atoms with Crippen molar-refractivity contribution in [3.05, 3.63) is 35.9 Å². The summed E-state index contributed by atoms with van der Waals surface area (Å²) < 4.78 is 0. The summed E-state index contributed by atoms with van der Waals surface area (Å²) in [5, 5.41) is 0. The van der Waals surface area contributed by atoms with Crippen molar-refractivity contribution in [2.45, 2.75) is 6.92 Å². The fraction of sp³-hybridized carbons (Fsp3) is 0.125. The van der Waals surface area contributed by atoms with Crippen LogP contribution in [0.2, 0.25) is 0 Å². The predicted molar refractivity (Wildman–Crippen MR) is 35.3 cm³/mol. The van der Waals surface area contributed by atoms with Gasteiger partial charge >= 0.3 is 18.9 Å². The minimum absolute atomic E-state index is 0. The van der Waals surface area contributed by atoms with E-state index in [1.807, 2.05) is 0 Å². The van der Waals surface area contributed by atoms with E-state index >= 15 is 0 Å². The van der Waals surface area contributed by atoms with Gasteiger partial charge in [0.2, 0.25) is 0 Å². The van der Waals surface area contributed by atoms with Crippen molar-refractivity contribution in [1.29, 1.82) is 0 Å². The number of hydrogen-bond acceptors (Lipinski definition) is 1. The third kappa shape index (κ3) is 2.39. The van der Waals surface area contributed by atoms with Gasteiger partial charge < -0.3 is 0 Å². The van der Waals surface area contributed by atoms with Gasteiger partial charge in [-0.15, -0.1) is 0 Å². The summed E-state index contributed by atoms with van der Waals surface area (Å²) in [7, 11) is 0. The van der Waals surface area contributed by atoms with Crippen molar-refractivity contribution in [1.82, 2.24) is 0 Å². The zero-order valence-electron chi connectivity index (χ0n) is 6.22. The Kier molecular flexibility index (Phi) is 4.10. The Balaban J connectivity index is 0.000000810. The maximum atomic E-state index is 10.6. The third-order valence-electron chi connectivity index (χ3n) is 1.12. The van der Waals surface area contributed by atoms with Crippen LogP contribution in [0.3, 0.4) is 0 Å². The van der Waals surface area contributed by atoms with Crippen LogP contribution in [0.1, 0.15) is 17.3 Å². The second-order valence-electron chi connectivity index (χ2n) is 1.84. The number of carbonyl (C=O) groups is 1. The number of ketones is 1. The molecule has 0 aromatic heterocycles. The van der Waals surface area contributed by atoms with E-state index in [0.717, 1.165) is 5.56 Å². The van der Waals surface area contributed by atoms with E-state index in [-0.39, 0.29) is 24.6 Å². The van der Waals surface area contributed by atoms with Crippen LogP contribution in [0.4, 0.5) is 0 Å². The summed E-state index contributed by atoms with van der Waals surface area (Å²) in [6.07, 6.45) is 0. The normalized spacial score (nSPS) is 8.10. The molecule has 0 spiro atoms. The first-order valence-corrected chi connectivity index (χ1v) is 2.78. The first-order chi connectivity index (χ1) is 4.30. The summed E-state index contributed by atoms with van der Waals surface area (Å²) in [5.41, 5.74) is 0.744. The SMILES string of the molecule is CC(=O)c1cc[c-]cc1.[Li+]. The van der Waals surface area contributed by atoms with Gasteiger partial charge in [0.1, 0.15) is 5.78 Å². The van der Waals surface area contributed by atoms with Crippen molar-refractivity contribution < 1.29 is 23.7 Å². The van der Waals surface area contributed by atoms with Gasteiger partial charge in [-0.05, 0) is 6.92 Å². The van der Waals surface area contributed by atoms with Crippen molar-refractivity contribution in [2.24, 2.45) is 0 Å². The molecule has 0 fully saturated rings. The van der Waals surface area contributed by atoms with E-state index in [0.29, 0.717) is 0 Å². The smallest absolute Gasteiger partial charge is 0.297 e. The molecule has 0 bridgehead atoms. The van der Waals surface area contributed by atoms with Gasteiger partial charge in [0.25, 0.3) is 0 Å². The molecule has 1 aromatic carbocycles. The van der Waals surface area contributed by atoms with Crippen molar-refractivity contribution in [3.8, 4) is 0 Å². The molecule has 0 unspecified atom stereocenters. The van der Waals surface area contributed by atoms with E-state index in [1.165, 1.54) is 0 Å². The van der Waals surface area contributed by atoms with Gasteiger partial charge in [-0.1, -0.05) is 5.56 Å². The van der Waals surface area contributed by atoms with E-state index in [2.05, 4.69) is 6.07 Å². The molecule has 0 aliphatic heterocycles. The second kappa shape index (κ2) is 4.33. The zero-order chi connectivity index (χ0) is 6.69. The fourth-order valence-corrected chi connectivity index (χ4v) is 0.622. The molecule has 0 atom stereocenters. The minimum atomic E-state index is 0. The Labute approximate surface area is 72.6 Å². The van der Waals surface area contributed by atoms with Gasteiger partial charge in [-0.3, -0.25) is 4.79 Å². The molecule has 1 nitrogen and oxygen atoms in total. The van der Waals surface area contributed by atoms with Gasteiger partial charge in [-0.2, -0.15) is 30.3 Å². The summed E-state index contributed by atoms with van der Waals surface area (Å²) >= 11 is 0. The minimum Gasteiger partial charge on any atom is -0.297 e. The van der Waals surface area contributed by atoms with Crippen LogP contribution in [0.15, 0.2) is 24.3 Å². The first kappa shape index (κ1) is 9.49. The quantitative estimate of drug-likeness (QED) is 0.259. The van der Waals surface area contributed by atoms with Crippen molar-refractivity contribution >= 4 is 5.78 Å². The second-order valence-corrected chi connectivity index (χ2v) is 1.84. The number of Topliss-reactive ketones (excluding diaryl/α,β-unsaturated/α-hetero) is 1. The summed E-state index contributed by atoms with van der Waals surface area (Å²) in [6, 6.07) is 9.81. The standard InChI is InChI=1S/C8H7O.Li/c1-7(9)8-5-3-2-4-6-8;/h3-6H,1H3;/q-1;+1. The molecule has 10 heavy (non-hydrogen) atoms. The zero-order valence-corrected chi connectivity index (χ0v) is 6.22. The van der Waals surface area contributed by atoms with E-state index in [4.69, 9.17) is 0 Å². The Morgan fingerprint density at radius 1 is 1.40 bits per heavy atom. The summed E-state index contributed by atoms with van der Waals surface area (Å²) in [6.45, 7) is 1.55. The number of carbonyl (C=O) groups excluding carboxylic acids is 1. The van der Waals surface area contributed by atoms with E-state index < -0.39 is 0 Å². The third-order valence-corrected chi connectivity index (χ3v) is 1.12. The molecular formula is C8H7LiO. The fourth-order valence-electron chi connectivity index (χ4n) is 0.622. The Bertz CT molecular complexity index is 206. The molecule has 0 saturated carbocycles. The molecule has 46 valence electrons. The Hall–Kier alpha value is -0.513. The summed E-state index contributed by atoms with van der Waals surface area (Å²) in [5.74, 6) is 0.101. The van der Waals surface area contributed by atoms with Crippen molar-refractivity contribution in [3.63, 3.8) is 0 Å². The maximum Gasteiger partial charge on any atom is 1.00 e. The maximum absolute atomic E-state index is 10.6. The van der Waals surface area contributed by atoms with Crippen LogP contribution in [0, 0.1) is 6.07 Å². The first-order valence-electron chi connectivity index (χ1n) is 2.78. The van der Waals surface area contributed by atoms with Crippen LogP contribution < -0.4 is 18.9 Å². The van der Waals surface area contributed by atoms with Crippen LogP contribution in [0.5, 0.6) is 0 Å². The van der Waals surface area contributed by atoms with Gasteiger partial charge in [-0.25, -0.2) is 0 Å². The molecule has 0 amide bonds. The van der Waals surface area contributed by atoms with Gasteiger partial charge in [0, 0.05) is 0 Å². The van der Waals surface area contributed by atoms with Gasteiger partial charge in [0.05, 0.1) is 0 Å². The number of benzene rings is 1. The number of rotatable bonds is 1. The predicted octanol–water partition coefficient (Wildman–Crippen LogP) is -1.31. The summed E-state index contributed by atoms with van der Waals surface area (Å²) in [4.78, 5) is 10.6. The topological polar surface area (TPSA) is 17.1 Å². The molecule has 1 rings (SSSR count). The molecular weight excluding hydrogens is 119 g/mol. The molecule has 1 aromatic rings. The molecule has 0 saturated heterocycles. The van der Waals surface area contributed by atoms with Gasteiger partial charge in [0.15, 0.2) is 0 Å². The average Bonchev–Trinajstić information content (AvgIpc) is 1.90. The van der Waals surface area contributed by atoms with Crippen LogP contribution >= 0.6 is 0 Å². The Morgan fingerprint density at radius 3 is 2.20 bits per heavy atom. The van der Waals surface area contributed by atoms with Crippen LogP contribution in [0.25, 0.3) is 0 Å². The molecule has 0 aliphatic carbocycles. The molecule has 0 N–H and O–H groups in total. The van der Waals surface area contributed by atoms with Crippen LogP contribution in [-0.2, 0) is 0 Å². The average molecular weight is 126 g/mol. The van der Waals surface area contributed by atoms with Crippen LogP contribution in [-0.4, -0.2) is 5.78 Å². The molecule has 0 radical (unpaired) electrons. The molecule has 0 heterocycles. The Morgan fingerprint density at radius 2 is 1.90 bits per heavy atom. The van der Waals surface area contributed by atoms with E-state index in [1.54, 1.807) is 31.2 Å².